The third kappa shape index (κ3) is 4.05. The number of hydrogen-bond acceptors (Lipinski definition) is 5. The Labute approximate surface area is 131 Å². The summed E-state index contributed by atoms with van der Waals surface area (Å²) in [6, 6.07) is 7.03. The van der Waals surface area contributed by atoms with Crippen LogP contribution in [-0.4, -0.2) is 35.1 Å². The van der Waals surface area contributed by atoms with Crippen molar-refractivity contribution >= 4 is 23.2 Å². The summed E-state index contributed by atoms with van der Waals surface area (Å²) >= 11 is 1.27. The maximum atomic E-state index is 12.1. The lowest BCUT2D eigenvalue weighted by molar-refractivity contribution is 0.0690. The van der Waals surface area contributed by atoms with Gasteiger partial charge >= 0.3 is 5.97 Å². The van der Waals surface area contributed by atoms with Crippen molar-refractivity contribution in [1.82, 2.24) is 10.3 Å². The van der Waals surface area contributed by atoms with Crippen molar-refractivity contribution < 1.29 is 19.4 Å². The highest BCUT2D eigenvalue weighted by molar-refractivity contribution is 7.09. The lowest BCUT2D eigenvalue weighted by atomic mass is 10.2. The van der Waals surface area contributed by atoms with Gasteiger partial charge in [-0.05, 0) is 19.1 Å². The predicted octanol–water partition coefficient (Wildman–Crippen LogP) is 2.21. The largest absolute Gasteiger partial charge is 0.493 e. The monoisotopic (exact) mass is 320 g/mol. The number of para-hydroxylation sites is 1. The highest BCUT2D eigenvalue weighted by atomic mass is 32.1. The van der Waals surface area contributed by atoms with Crippen molar-refractivity contribution in [2.45, 2.75) is 13.3 Å². The Kier molecular flexibility index (Phi) is 5.48. The lowest BCUT2D eigenvalue weighted by Gasteiger charge is -2.09. The van der Waals surface area contributed by atoms with Crippen LogP contribution in [0.3, 0.4) is 0 Å². The van der Waals surface area contributed by atoms with Crippen molar-refractivity contribution in [3.8, 4) is 5.75 Å². The number of ether oxygens (including phenoxy) is 1. The molecule has 0 fully saturated rings. The minimum Gasteiger partial charge on any atom is -0.493 e. The zero-order valence-corrected chi connectivity index (χ0v) is 12.9. The van der Waals surface area contributed by atoms with Crippen molar-refractivity contribution in [1.29, 1.82) is 0 Å². The maximum Gasteiger partial charge on any atom is 0.355 e. The van der Waals surface area contributed by atoms with Gasteiger partial charge in [-0.3, -0.25) is 4.79 Å². The number of carbonyl (C=O) groups is 2. The fourth-order valence-corrected chi connectivity index (χ4v) is 2.61. The van der Waals surface area contributed by atoms with E-state index in [1.54, 1.807) is 18.2 Å². The summed E-state index contributed by atoms with van der Waals surface area (Å²) in [6.07, 6.45) is 0.487. The van der Waals surface area contributed by atoms with Gasteiger partial charge in [-0.2, -0.15) is 0 Å². The normalized spacial score (nSPS) is 10.2. The fraction of sp³-hybridized carbons (Fsp3) is 0.267. The number of aromatic nitrogens is 1. The zero-order chi connectivity index (χ0) is 15.9. The van der Waals surface area contributed by atoms with Crippen LogP contribution in [-0.2, 0) is 6.42 Å². The molecule has 2 aromatic rings. The van der Waals surface area contributed by atoms with Gasteiger partial charge in [-0.1, -0.05) is 12.1 Å². The Morgan fingerprint density at radius 2 is 2.14 bits per heavy atom. The van der Waals surface area contributed by atoms with Crippen molar-refractivity contribution in [3.63, 3.8) is 0 Å². The Morgan fingerprint density at radius 3 is 2.82 bits per heavy atom. The van der Waals surface area contributed by atoms with E-state index in [1.165, 1.54) is 16.7 Å². The summed E-state index contributed by atoms with van der Waals surface area (Å²) in [4.78, 5) is 26.9. The molecule has 0 spiro atoms. The lowest BCUT2D eigenvalue weighted by Crippen LogP contribution is -2.26. The standard InChI is InChI=1S/C15H16N2O4S/c1-2-21-12-6-4-3-5-10(12)14(18)16-8-7-13-17-11(9-22-13)15(19)20/h3-6,9H,2,7-8H2,1H3,(H,16,18)(H,19,20). The van der Waals surface area contributed by atoms with Crippen LogP contribution in [0.5, 0.6) is 5.75 Å². The van der Waals surface area contributed by atoms with E-state index in [9.17, 15) is 9.59 Å². The van der Waals surface area contributed by atoms with Crippen LogP contribution >= 0.6 is 11.3 Å². The van der Waals surface area contributed by atoms with E-state index < -0.39 is 5.97 Å². The second-order valence-electron chi connectivity index (χ2n) is 4.37. The van der Waals surface area contributed by atoms with Crippen LogP contribution in [0.1, 0.15) is 32.8 Å². The molecule has 0 unspecified atom stereocenters. The van der Waals surface area contributed by atoms with Gasteiger partial charge in [0.25, 0.3) is 5.91 Å². The number of carbonyl (C=O) groups excluding carboxylic acids is 1. The van der Waals surface area contributed by atoms with Crippen LogP contribution < -0.4 is 10.1 Å². The van der Waals surface area contributed by atoms with Gasteiger partial charge in [0.05, 0.1) is 17.2 Å². The average Bonchev–Trinajstić information content (AvgIpc) is 2.97. The second-order valence-corrected chi connectivity index (χ2v) is 5.31. The minimum atomic E-state index is -1.04. The van der Waals surface area contributed by atoms with Crippen LogP contribution in [0.15, 0.2) is 29.6 Å². The molecule has 1 amide bonds. The van der Waals surface area contributed by atoms with Gasteiger partial charge in [0.1, 0.15) is 5.75 Å². The molecule has 1 aromatic carbocycles. The molecular weight excluding hydrogens is 304 g/mol. The first-order valence-electron chi connectivity index (χ1n) is 6.79. The van der Waals surface area contributed by atoms with E-state index in [4.69, 9.17) is 9.84 Å². The maximum absolute atomic E-state index is 12.1. The SMILES string of the molecule is CCOc1ccccc1C(=O)NCCc1nc(C(=O)O)cs1. The first kappa shape index (κ1) is 16.0. The molecule has 1 heterocycles. The fourth-order valence-electron chi connectivity index (χ4n) is 1.84. The van der Waals surface area contributed by atoms with Crippen molar-refractivity contribution in [3.05, 3.63) is 45.9 Å². The molecule has 0 aliphatic heterocycles. The topological polar surface area (TPSA) is 88.5 Å². The predicted molar refractivity (Wildman–Crippen MR) is 82.7 cm³/mol. The Hall–Kier alpha value is -2.41. The molecule has 0 radical (unpaired) electrons. The van der Waals surface area contributed by atoms with Gasteiger partial charge < -0.3 is 15.2 Å². The van der Waals surface area contributed by atoms with E-state index in [-0.39, 0.29) is 11.6 Å². The molecule has 1 aromatic heterocycles. The number of thiazole rings is 1. The number of nitrogens with zero attached hydrogens (tertiary/aromatic N) is 1. The van der Waals surface area contributed by atoms with Crippen LogP contribution in [0, 0.1) is 0 Å². The van der Waals surface area contributed by atoms with E-state index >= 15 is 0 Å². The van der Waals surface area contributed by atoms with Gasteiger partial charge in [-0.15, -0.1) is 11.3 Å². The van der Waals surface area contributed by atoms with Crippen LogP contribution in [0.25, 0.3) is 0 Å². The number of carboxylic acid groups (broad SMARTS) is 1. The highest BCUT2D eigenvalue weighted by Crippen LogP contribution is 2.17. The van der Waals surface area contributed by atoms with Gasteiger partial charge in [0, 0.05) is 18.3 Å². The average molecular weight is 320 g/mol. The number of rotatable bonds is 7. The molecule has 116 valence electrons. The molecule has 2 N–H and O–H groups in total. The summed E-state index contributed by atoms with van der Waals surface area (Å²) in [5.74, 6) is -0.721. The smallest absolute Gasteiger partial charge is 0.355 e. The first-order valence-corrected chi connectivity index (χ1v) is 7.67. The zero-order valence-electron chi connectivity index (χ0n) is 12.0. The summed E-state index contributed by atoms with van der Waals surface area (Å²) in [5.41, 5.74) is 0.516. The molecule has 0 saturated heterocycles. The molecule has 0 bridgehead atoms. The number of hydrogen-bond donors (Lipinski definition) is 2. The van der Waals surface area contributed by atoms with E-state index in [2.05, 4.69) is 10.3 Å². The third-order valence-corrected chi connectivity index (χ3v) is 3.74. The quantitative estimate of drug-likeness (QED) is 0.816. The molecule has 2 rings (SSSR count). The molecule has 22 heavy (non-hydrogen) atoms. The van der Waals surface area contributed by atoms with Gasteiger partial charge in [-0.25, -0.2) is 9.78 Å². The van der Waals surface area contributed by atoms with Crippen LogP contribution in [0.2, 0.25) is 0 Å². The van der Waals surface area contributed by atoms with E-state index in [1.807, 2.05) is 13.0 Å². The Morgan fingerprint density at radius 1 is 1.36 bits per heavy atom. The second kappa shape index (κ2) is 7.56. The molecule has 6 nitrogen and oxygen atoms in total. The number of aromatic carboxylic acids is 1. The minimum absolute atomic E-state index is 0.0352. The molecule has 0 aliphatic rings. The van der Waals surface area contributed by atoms with Crippen molar-refractivity contribution in [2.24, 2.45) is 0 Å². The number of amides is 1. The summed E-state index contributed by atoms with van der Waals surface area (Å²) in [6.45, 7) is 2.73. The Bertz CT molecular complexity index is 669. The highest BCUT2D eigenvalue weighted by Gasteiger charge is 2.12. The molecule has 7 heteroatoms. The number of nitrogens with one attached hydrogen (secondary N) is 1. The van der Waals surface area contributed by atoms with Crippen molar-refractivity contribution in [2.75, 3.05) is 13.2 Å². The molecular formula is C15H16N2O4S. The summed E-state index contributed by atoms with van der Waals surface area (Å²) < 4.78 is 5.42. The Balaban J connectivity index is 1.91. The summed E-state index contributed by atoms with van der Waals surface area (Å²) in [7, 11) is 0. The van der Waals surface area contributed by atoms with E-state index in [0.29, 0.717) is 35.9 Å². The van der Waals surface area contributed by atoms with E-state index in [0.717, 1.165) is 0 Å². The molecule has 0 aliphatic carbocycles. The first-order chi connectivity index (χ1) is 10.6. The molecule has 0 saturated carbocycles. The summed E-state index contributed by atoms with van der Waals surface area (Å²) in [5, 5.41) is 13.8. The number of benzene rings is 1. The number of carboxylic acids is 1. The van der Waals surface area contributed by atoms with Gasteiger partial charge in [0.2, 0.25) is 0 Å². The molecule has 0 atom stereocenters. The third-order valence-electron chi connectivity index (χ3n) is 2.83. The van der Waals surface area contributed by atoms with Gasteiger partial charge in [0.15, 0.2) is 5.69 Å². The van der Waals surface area contributed by atoms with Crippen LogP contribution in [0.4, 0.5) is 0 Å².